The van der Waals surface area contributed by atoms with Crippen LogP contribution in [0.1, 0.15) is 5.56 Å². The van der Waals surface area contributed by atoms with E-state index < -0.39 is 0 Å². The molecule has 5 nitrogen and oxygen atoms in total. The molecule has 5 heteroatoms. The van der Waals surface area contributed by atoms with Gasteiger partial charge in [0, 0.05) is 0 Å². The molecular weight excluding hydrogens is 180 g/mol. The van der Waals surface area contributed by atoms with E-state index in [0.717, 1.165) is 5.56 Å². The quantitative estimate of drug-likeness (QED) is 0.717. The van der Waals surface area contributed by atoms with Crippen molar-refractivity contribution in [2.45, 2.75) is 13.3 Å². The average molecular weight is 190 g/mol. The largest absolute Gasteiger partial charge is 0.353 e. The lowest BCUT2D eigenvalue weighted by Crippen LogP contribution is -2.06. The Morgan fingerprint density at radius 3 is 2.79 bits per heavy atom. The van der Waals surface area contributed by atoms with Gasteiger partial charge in [0.05, 0.1) is 6.61 Å². The minimum Gasteiger partial charge on any atom is -0.353 e. The molecule has 0 aliphatic rings. The first-order valence-electron chi connectivity index (χ1n) is 4.27. The van der Waals surface area contributed by atoms with E-state index in [2.05, 4.69) is 15.4 Å². The highest BCUT2D eigenvalue weighted by Gasteiger charge is 1.93. The van der Waals surface area contributed by atoms with Crippen LogP contribution in [0.2, 0.25) is 0 Å². The lowest BCUT2D eigenvalue weighted by atomic mass is 10.2. The number of hydrogen-bond donors (Lipinski definition) is 0. The van der Waals surface area contributed by atoms with Crippen molar-refractivity contribution >= 4 is 0 Å². The zero-order chi connectivity index (χ0) is 9.64. The molecule has 0 spiro atoms. The van der Waals surface area contributed by atoms with Crippen molar-refractivity contribution in [2.75, 3.05) is 0 Å². The molecule has 72 valence electrons. The van der Waals surface area contributed by atoms with E-state index in [-0.39, 0.29) is 0 Å². The third-order valence-corrected chi connectivity index (χ3v) is 1.71. The van der Waals surface area contributed by atoms with Gasteiger partial charge in [-0.2, -0.15) is 0 Å². The Morgan fingerprint density at radius 1 is 1.21 bits per heavy atom. The van der Waals surface area contributed by atoms with E-state index >= 15 is 0 Å². The first kappa shape index (κ1) is 8.83. The van der Waals surface area contributed by atoms with Gasteiger partial charge in [-0.25, -0.2) is 0 Å². The van der Waals surface area contributed by atoms with Crippen molar-refractivity contribution < 1.29 is 4.74 Å². The second kappa shape index (κ2) is 4.48. The molecule has 0 fully saturated rings. The summed E-state index contributed by atoms with van der Waals surface area (Å²) in [6.45, 7) is 0.886. The molecule has 2 rings (SSSR count). The number of tetrazole rings is 1. The molecule has 1 aromatic heterocycles. The van der Waals surface area contributed by atoms with Gasteiger partial charge < -0.3 is 4.74 Å². The monoisotopic (exact) mass is 190 g/mol. The number of hydrogen-bond acceptors (Lipinski definition) is 4. The fourth-order valence-electron chi connectivity index (χ4n) is 1.07. The van der Waals surface area contributed by atoms with Crippen LogP contribution >= 0.6 is 0 Å². The Labute approximate surface area is 81.3 Å². The maximum atomic E-state index is 5.36. The zero-order valence-electron chi connectivity index (χ0n) is 7.58. The summed E-state index contributed by atoms with van der Waals surface area (Å²) in [5, 5.41) is 11.1. The van der Waals surface area contributed by atoms with E-state index in [0.29, 0.717) is 13.3 Å². The molecular formula is C9H10N4O. The predicted octanol–water partition coefficient (Wildman–Crippen LogP) is 0.847. The van der Waals surface area contributed by atoms with Gasteiger partial charge in [0.15, 0.2) is 13.1 Å². The molecule has 0 radical (unpaired) electrons. The molecule has 0 bridgehead atoms. The van der Waals surface area contributed by atoms with Gasteiger partial charge >= 0.3 is 0 Å². The second-order valence-corrected chi connectivity index (χ2v) is 2.77. The lowest BCUT2D eigenvalue weighted by molar-refractivity contribution is 0.0459. The summed E-state index contributed by atoms with van der Waals surface area (Å²) in [7, 11) is 0. The van der Waals surface area contributed by atoms with Crippen LogP contribution in [0.15, 0.2) is 36.7 Å². The first-order chi connectivity index (χ1) is 6.95. The Balaban J connectivity index is 1.79. The lowest BCUT2D eigenvalue weighted by Gasteiger charge is -2.01. The Bertz CT molecular complexity index is 360. The zero-order valence-corrected chi connectivity index (χ0v) is 7.58. The van der Waals surface area contributed by atoms with Gasteiger partial charge in [0.25, 0.3) is 0 Å². The normalized spacial score (nSPS) is 10.3. The summed E-state index contributed by atoms with van der Waals surface area (Å²) >= 11 is 0. The van der Waals surface area contributed by atoms with Crippen LogP contribution in [-0.4, -0.2) is 20.2 Å². The molecule has 1 heterocycles. The van der Waals surface area contributed by atoms with Crippen molar-refractivity contribution in [3.05, 3.63) is 42.2 Å². The topological polar surface area (TPSA) is 52.8 Å². The SMILES string of the molecule is c1ccc(COCn2ncnn2)cc1. The highest BCUT2D eigenvalue weighted by atomic mass is 16.5. The van der Waals surface area contributed by atoms with Crippen molar-refractivity contribution in [3.63, 3.8) is 0 Å². The number of nitrogens with zero attached hydrogens (tertiary/aromatic N) is 4. The van der Waals surface area contributed by atoms with Crippen LogP contribution in [0.25, 0.3) is 0 Å². The summed E-state index contributed by atoms with van der Waals surface area (Å²) in [5.41, 5.74) is 1.13. The van der Waals surface area contributed by atoms with Crippen molar-refractivity contribution in [2.24, 2.45) is 0 Å². The van der Waals surface area contributed by atoms with Gasteiger partial charge in [-0.15, -0.1) is 15.0 Å². The van der Waals surface area contributed by atoms with Crippen LogP contribution in [-0.2, 0) is 18.1 Å². The number of ether oxygens (including phenoxy) is 1. The molecule has 0 unspecified atom stereocenters. The number of rotatable bonds is 4. The van der Waals surface area contributed by atoms with Crippen molar-refractivity contribution in [1.82, 2.24) is 20.2 Å². The fraction of sp³-hybridized carbons (Fsp3) is 0.222. The van der Waals surface area contributed by atoms with Gasteiger partial charge in [0.2, 0.25) is 0 Å². The molecule has 0 aliphatic carbocycles. The number of aromatic nitrogens is 4. The molecule has 0 aliphatic heterocycles. The molecule has 0 saturated heterocycles. The minimum atomic E-state index is 0.328. The molecule has 0 atom stereocenters. The van der Waals surface area contributed by atoms with Gasteiger partial charge in [0.1, 0.15) is 0 Å². The number of benzene rings is 1. The van der Waals surface area contributed by atoms with Crippen LogP contribution in [0, 0.1) is 0 Å². The highest BCUT2D eigenvalue weighted by Crippen LogP contribution is 2.00. The first-order valence-corrected chi connectivity index (χ1v) is 4.27. The fourth-order valence-corrected chi connectivity index (χ4v) is 1.07. The standard InChI is InChI=1S/C9H10N4O/c1-2-4-9(5-3-1)6-14-8-13-11-7-10-12-13/h1-5,7H,6,8H2. The molecule has 14 heavy (non-hydrogen) atoms. The smallest absolute Gasteiger partial charge is 0.162 e. The van der Waals surface area contributed by atoms with E-state index in [4.69, 9.17) is 4.74 Å². The van der Waals surface area contributed by atoms with Crippen molar-refractivity contribution in [1.29, 1.82) is 0 Å². The van der Waals surface area contributed by atoms with Gasteiger partial charge in [-0.3, -0.25) is 0 Å². The summed E-state index contributed by atoms with van der Waals surface area (Å²) in [6.07, 6.45) is 1.38. The molecule has 2 aromatic rings. The van der Waals surface area contributed by atoms with Crippen LogP contribution in [0.3, 0.4) is 0 Å². The summed E-state index contributed by atoms with van der Waals surface area (Å²) in [5.74, 6) is 0. The Hall–Kier alpha value is -1.75. The van der Waals surface area contributed by atoms with Crippen molar-refractivity contribution in [3.8, 4) is 0 Å². The van der Waals surface area contributed by atoms with Gasteiger partial charge in [-0.05, 0) is 10.8 Å². The van der Waals surface area contributed by atoms with E-state index in [9.17, 15) is 0 Å². The van der Waals surface area contributed by atoms with Crippen LogP contribution in [0.5, 0.6) is 0 Å². The third kappa shape index (κ3) is 2.37. The molecule has 0 saturated carbocycles. The maximum Gasteiger partial charge on any atom is 0.162 e. The van der Waals surface area contributed by atoms with E-state index in [1.807, 2.05) is 30.3 Å². The van der Waals surface area contributed by atoms with Gasteiger partial charge in [-0.1, -0.05) is 30.3 Å². The minimum absolute atomic E-state index is 0.328. The maximum absolute atomic E-state index is 5.36. The summed E-state index contributed by atoms with van der Waals surface area (Å²) < 4.78 is 5.36. The highest BCUT2D eigenvalue weighted by molar-refractivity contribution is 5.13. The second-order valence-electron chi connectivity index (χ2n) is 2.77. The Morgan fingerprint density at radius 2 is 2.07 bits per heavy atom. The summed E-state index contributed by atoms with van der Waals surface area (Å²) in [4.78, 5) is 1.39. The summed E-state index contributed by atoms with van der Waals surface area (Å²) in [6, 6.07) is 9.95. The molecule has 1 aromatic carbocycles. The molecule has 0 N–H and O–H groups in total. The Kier molecular flexibility index (Phi) is 2.82. The van der Waals surface area contributed by atoms with Crippen LogP contribution in [0.4, 0.5) is 0 Å². The van der Waals surface area contributed by atoms with Crippen LogP contribution < -0.4 is 0 Å². The molecule has 0 amide bonds. The predicted molar refractivity (Wildman–Crippen MR) is 49.0 cm³/mol. The third-order valence-electron chi connectivity index (χ3n) is 1.71. The average Bonchev–Trinajstić information content (AvgIpc) is 2.72. The van der Waals surface area contributed by atoms with E-state index in [1.54, 1.807) is 0 Å². The van der Waals surface area contributed by atoms with E-state index in [1.165, 1.54) is 11.1 Å².